The average molecular weight is 674 g/mol. The Morgan fingerprint density at radius 2 is 1.15 bits per heavy atom. The van der Waals surface area contributed by atoms with Gasteiger partial charge in [0.1, 0.15) is 5.65 Å². The van der Waals surface area contributed by atoms with E-state index in [9.17, 15) is 0 Å². The molecule has 0 saturated carbocycles. The number of nitrogens with zero attached hydrogens (tertiary/aromatic N) is 3. The zero-order valence-electron chi connectivity index (χ0n) is 28.9. The molecule has 0 bridgehead atoms. The summed E-state index contributed by atoms with van der Waals surface area (Å²) in [6.07, 6.45) is 2.10. The molecular formula is C49H32BN3. The third-order valence-electron chi connectivity index (χ3n) is 11.0. The van der Waals surface area contributed by atoms with Gasteiger partial charge in [0.15, 0.2) is 0 Å². The number of rotatable bonds is 5. The predicted molar refractivity (Wildman–Crippen MR) is 222 cm³/mol. The third-order valence-corrected chi connectivity index (χ3v) is 11.0. The quantitative estimate of drug-likeness (QED) is 0.167. The topological polar surface area (TPSA) is 22.2 Å². The molecule has 0 amide bonds. The van der Waals surface area contributed by atoms with Gasteiger partial charge in [-0.15, -0.1) is 0 Å². The molecule has 0 aliphatic carbocycles. The van der Waals surface area contributed by atoms with E-state index in [-0.39, 0.29) is 6.71 Å². The fraction of sp³-hybridized carbons (Fsp3) is 0. The molecule has 4 heteroatoms. The van der Waals surface area contributed by atoms with Gasteiger partial charge in [-0.3, -0.25) is 4.40 Å². The van der Waals surface area contributed by atoms with Gasteiger partial charge >= 0.3 is 0 Å². The monoisotopic (exact) mass is 673 g/mol. The second-order valence-electron chi connectivity index (χ2n) is 13.9. The lowest BCUT2D eigenvalue weighted by atomic mass is 9.39. The normalized spacial score (nSPS) is 12.1. The van der Waals surface area contributed by atoms with Crippen LogP contribution in [0.1, 0.15) is 0 Å². The van der Waals surface area contributed by atoms with Crippen molar-refractivity contribution in [1.82, 2.24) is 14.0 Å². The van der Waals surface area contributed by atoms with E-state index < -0.39 is 0 Å². The maximum Gasteiger partial charge on any atom is 0.242 e. The Morgan fingerprint density at radius 3 is 1.96 bits per heavy atom. The third kappa shape index (κ3) is 4.59. The zero-order chi connectivity index (χ0) is 34.9. The van der Waals surface area contributed by atoms with Gasteiger partial charge in [-0.2, -0.15) is 0 Å². The number of aromatic nitrogens is 3. The highest BCUT2D eigenvalue weighted by molar-refractivity contribution is 6.99. The van der Waals surface area contributed by atoms with Crippen molar-refractivity contribution in [2.24, 2.45) is 0 Å². The molecule has 0 unspecified atom stereocenters. The van der Waals surface area contributed by atoms with E-state index >= 15 is 0 Å². The molecule has 11 rings (SSSR count). The van der Waals surface area contributed by atoms with Crippen LogP contribution in [0.5, 0.6) is 0 Å². The fourth-order valence-corrected chi connectivity index (χ4v) is 8.74. The first-order chi connectivity index (χ1) is 26.3. The molecule has 0 fully saturated rings. The van der Waals surface area contributed by atoms with Crippen molar-refractivity contribution in [1.29, 1.82) is 0 Å². The Morgan fingerprint density at radius 1 is 0.453 bits per heavy atom. The van der Waals surface area contributed by atoms with Gasteiger partial charge in [0, 0.05) is 33.8 Å². The summed E-state index contributed by atoms with van der Waals surface area (Å²) in [5.41, 5.74) is 18.0. The molecule has 246 valence electrons. The predicted octanol–water partition coefficient (Wildman–Crippen LogP) is 9.93. The van der Waals surface area contributed by atoms with Crippen molar-refractivity contribution in [2.75, 3.05) is 0 Å². The van der Waals surface area contributed by atoms with E-state index in [1.807, 2.05) is 6.07 Å². The van der Waals surface area contributed by atoms with Crippen LogP contribution in [0.4, 0.5) is 0 Å². The summed E-state index contributed by atoms with van der Waals surface area (Å²) >= 11 is 0. The molecule has 3 aromatic heterocycles. The van der Waals surface area contributed by atoms with Crippen molar-refractivity contribution in [3.63, 3.8) is 0 Å². The lowest BCUT2D eigenvalue weighted by Gasteiger charge is -2.13. The second-order valence-corrected chi connectivity index (χ2v) is 13.9. The van der Waals surface area contributed by atoms with E-state index in [1.165, 1.54) is 66.1 Å². The van der Waals surface area contributed by atoms with Crippen LogP contribution < -0.4 is 16.4 Å². The van der Waals surface area contributed by atoms with Crippen molar-refractivity contribution >= 4 is 50.6 Å². The highest BCUT2D eigenvalue weighted by Gasteiger charge is 2.36. The number of benzene rings is 7. The first-order valence-corrected chi connectivity index (χ1v) is 18.3. The largest absolute Gasteiger partial charge is 0.309 e. The number of pyridine rings is 1. The second kappa shape index (κ2) is 11.8. The summed E-state index contributed by atoms with van der Waals surface area (Å²) in [7, 11) is 0. The summed E-state index contributed by atoms with van der Waals surface area (Å²) in [5, 5.41) is 2.55. The van der Waals surface area contributed by atoms with Crippen LogP contribution >= 0.6 is 0 Å². The van der Waals surface area contributed by atoms with Crippen LogP contribution in [0, 0.1) is 0 Å². The Balaban J connectivity index is 1.12. The number of fused-ring (bicyclic) bond motifs is 7. The Hall–Kier alpha value is -6.91. The smallest absolute Gasteiger partial charge is 0.242 e. The maximum absolute atomic E-state index is 5.13. The number of hydrogen-bond donors (Lipinski definition) is 0. The molecule has 3 nitrogen and oxygen atoms in total. The van der Waals surface area contributed by atoms with Gasteiger partial charge in [0.25, 0.3) is 0 Å². The molecule has 0 atom stereocenters. The molecule has 4 heterocycles. The molecule has 1 aliphatic heterocycles. The van der Waals surface area contributed by atoms with Crippen LogP contribution in [-0.2, 0) is 0 Å². The van der Waals surface area contributed by atoms with Gasteiger partial charge in [-0.1, -0.05) is 168 Å². The minimum atomic E-state index is 0.134. The summed E-state index contributed by atoms with van der Waals surface area (Å²) in [5.74, 6) is 0. The molecule has 53 heavy (non-hydrogen) atoms. The van der Waals surface area contributed by atoms with Gasteiger partial charge < -0.3 is 4.57 Å². The summed E-state index contributed by atoms with van der Waals surface area (Å²) in [6.45, 7) is 0.134. The standard InChI is InChI=1S/C49H32BN3/c1-4-15-35(16-5-1)49-48(51-46-25-12-13-30-52(46)49)34-28-26-33(27-29-34)38-22-14-23-42-47(38)41-32-45-40(31-43(41)50(42)36-17-6-2-7-18-36)39-21-10-11-24-44(39)53(45)37-19-8-3-9-20-37/h1-32H. The first kappa shape index (κ1) is 29.8. The van der Waals surface area contributed by atoms with Crippen LogP contribution in [0.25, 0.3) is 77.9 Å². The van der Waals surface area contributed by atoms with Gasteiger partial charge in [0.05, 0.1) is 22.4 Å². The summed E-state index contributed by atoms with van der Waals surface area (Å²) in [6, 6.07) is 68.2. The van der Waals surface area contributed by atoms with Crippen LogP contribution in [0.15, 0.2) is 194 Å². The van der Waals surface area contributed by atoms with E-state index in [2.05, 4.69) is 197 Å². The van der Waals surface area contributed by atoms with Gasteiger partial charge in [-0.25, -0.2) is 4.98 Å². The Labute approximate surface area is 308 Å². The van der Waals surface area contributed by atoms with Crippen LogP contribution in [-0.4, -0.2) is 20.7 Å². The van der Waals surface area contributed by atoms with Crippen molar-refractivity contribution in [3.05, 3.63) is 194 Å². The molecular weight excluding hydrogens is 641 g/mol. The van der Waals surface area contributed by atoms with Crippen molar-refractivity contribution in [2.45, 2.75) is 0 Å². The maximum atomic E-state index is 5.13. The highest BCUT2D eigenvalue weighted by atomic mass is 15.0. The van der Waals surface area contributed by atoms with Gasteiger partial charge in [0.2, 0.25) is 6.71 Å². The van der Waals surface area contributed by atoms with E-state index in [1.54, 1.807) is 0 Å². The minimum absolute atomic E-state index is 0.134. The lowest BCUT2D eigenvalue weighted by Crippen LogP contribution is -2.48. The van der Waals surface area contributed by atoms with E-state index in [0.717, 1.165) is 28.2 Å². The molecule has 1 aliphatic rings. The summed E-state index contributed by atoms with van der Waals surface area (Å²) in [4.78, 5) is 5.13. The molecule has 0 saturated heterocycles. The number of para-hydroxylation sites is 2. The van der Waals surface area contributed by atoms with E-state index in [4.69, 9.17) is 4.98 Å². The molecule has 10 aromatic rings. The van der Waals surface area contributed by atoms with Crippen LogP contribution in [0.2, 0.25) is 0 Å². The summed E-state index contributed by atoms with van der Waals surface area (Å²) < 4.78 is 4.62. The first-order valence-electron chi connectivity index (χ1n) is 18.3. The minimum Gasteiger partial charge on any atom is -0.309 e. The van der Waals surface area contributed by atoms with Crippen molar-refractivity contribution in [3.8, 4) is 50.5 Å². The van der Waals surface area contributed by atoms with E-state index in [0.29, 0.717) is 0 Å². The average Bonchev–Trinajstić information content (AvgIpc) is 3.89. The molecule has 0 radical (unpaired) electrons. The number of imidazole rings is 1. The van der Waals surface area contributed by atoms with Crippen molar-refractivity contribution < 1.29 is 0 Å². The lowest BCUT2D eigenvalue weighted by molar-refractivity contribution is 1.18. The van der Waals surface area contributed by atoms with Gasteiger partial charge in [-0.05, 0) is 58.7 Å². The molecule has 0 spiro atoms. The zero-order valence-corrected chi connectivity index (χ0v) is 28.9. The molecule has 0 N–H and O–H groups in total. The van der Waals surface area contributed by atoms with Crippen LogP contribution in [0.3, 0.4) is 0 Å². The highest BCUT2D eigenvalue weighted by Crippen LogP contribution is 2.40. The number of hydrogen-bond acceptors (Lipinski definition) is 1. The fourth-order valence-electron chi connectivity index (χ4n) is 8.74. The Bertz CT molecular complexity index is 2980. The SMILES string of the molecule is c1ccc(B2c3cc4c5ccccc5n(-c5ccccc5)c4cc3-c3c2cccc3-c2ccc(-c3nc4ccccn4c3-c3ccccc3)cc2)cc1. The Kier molecular flexibility index (Phi) is 6.65. The molecule has 7 aromatic carbocycles.